The van der Waals surface area contributed by atoms with Crippen molar-refractivity contribution in [2.75, 3.05) is 39.3 Å². The molecule has 23 heavy (non-hydrogen) atoms. The average molecular weight is 370 g/mol. The first kappa shape index (κ1) is 18.3. The Morgan fingerprint density at radius 3 is 2.65 bits per heavy atom. The maximum Gasteiger partial charge on any atom is 0.387 e. The second-order valence-electron chi connectivity index (χ2n) is 4.96. The molecule has 2 rings (SSSR count). The minimum atomic E-state index is -3.75. The second-order valence-corrected chi connectivity index (χ2v) is 7.13. The van der Waals surface area contributed by atoms with Crippen LogP contribution in [0.1, 0.15) is 0 Å². The lowest BCUT2D eigenvalue weighted by Crippen LogP contribution is -2.46. The van der Waals surface area contributed by atoms with Crippen LogP contribution in [0.3, 0.4) is 0 Å². The van der Waals surface area contributed by atoms with E-state index < -0.39 is 16.6 Å². The highest BCUT2D eigenvalue weighted by molar-refractivity contribution is 7.89. The van der Waals surface area contributed by atoms with Crippen LogP contribution >= 0.6 is 11.6 Å². The Kier molecular flexibility index (Phi) is 6.54. The Balaban J connectivity index is 1.94. The fourth-order valence-corrected chi connectivity index (χ4v) is 3.53. The van der Waals surface area contributed by atoms with E-state index in [2.05, 4.69) is 19.7 Å². The smallest absolute Gasteiger partial charge is 0.387 e. The van der Waals surface area contributed by atoms with Crippen molar-refractivity contribution in [2.24, 2.45) is 0 Å². The number of piperazine rings is 1. The zero-order chi connectivity index (χ0) is 16.9. The van der Waals surface area contributed by atoms with Gasteiger partial charge in [0.05, 0.1) is 9.92 Å². The molecule has 1 aliphatic heterocycles. The molecular weight excluding hydrogens is 352 g/mol. The molecule has 0 saturated carbocycles. The molecule has 0 bridgehead atoms. The molecule has 2 N–H and O–H groups in total. The van der Waals surface area contributed by atoms with Crippen molar-refractivity contribution in [3.8, 4) is 5.75 Å². The summed E-state index contributed by atoms with van der Waals surface area (Å²) < 4.78 is 55.3. The van der Waals surface area contributed by atoms with Crippen LogP contribution in [-0.2, 0) is 10.0 Å². The van der Waals surface area contributed by atoms with Crippen molar-refractivity contribution in [3.63, 3.8) is 0 Å². The van der Waals surface area contributed by atoms with Gasteiger partial charge in [-0.05, 0) is 18.2 Å². The molecule has 1 aromatic carbocycles. The fourth-order valence-electron chi connectivity index (χ4n) is 2.20. The first-order valence-electron chi connectivity index (χ1n) is 7.05. The van der Waals surface area contributed by atoms with E-state index in [0.717, 1.165) is 38.3 Å². The third kappa shape index (κ3) is 5.54. The number of halogens is 3. The van der Waals surface area contributed by atoms with Gasteiger partial charge in [-0.3, -0.25) is 4.90 Å². The summed E-state index contributed by atoms with van der Waals surface area (Å²) in [4.78, 5) is 2.05. The molecule has 0 aliphatic carbocycles. The maximum atomic E-state index is 12.2. The lowest BCUT2D eigenvalue weighted by molar-refractivity contribution is -0.0498. The molecule has 0 atom stereocenters. The van der Waals surface area contributed by atoms with Crippen LogP contribution in [0.25, 0.3) is 0 Å². The molecule has 1 fully saturated rings. The average Bonchev–Trinajstić information content (AvgIpc) is 2.49. The topological polar surface area (TPSA) is 70.7 Å². The van der Waals surface area contributed by atoms with Gasteiger partial charge in [-0.25, -0.2) is 13.1 Å². The van der Waals surface area contributed by atoms with Gasteiger partial charge in [-0.2, -0.15) is 8.78 Å². The summed E-state index contributed by atoms with van der Waals surface area (Å²) in [7, 11) is -3.75. The number of hydrogen-bond acceptors (Lipinski definition) is 5. The van der Waals surface area contributed by atoms with Gasteiger partial charge in [-0.15, -0.1) is 0 Å². The molecule has 1 saturated heterocycles. The molecule has 0 spiro atoms. The number of nitrogens with one attached hydrogen (secondary N) is 2. The van der Waals surface area contributed by atoms with E-state index in [1.807, 2.05) is 0 Å². The van der Waals surface area contributed by atoms with E-state index in [9.17, 15) is 17.2 Å². The van der Waals surface area contributed by atoms with Gasteiger partial charge in [0, 0.05) is 39.3 Å². The van der Waals surface area contributed by atoms with Crippen molar-refractivity contribution >= 4 is 21.6 Å². The highest BCUT2D eigenvalue weighted by Gasteiger charge is 2.18. The van der Waals surface area contributed by atoms with Crippen molar-refractivity contribution in [1.29, 1.82) is 0 Å². The normalized spacial score (nSPS) is 16.7. The molecule has 0 amide bonds. The summed E-state index contributed by atoms with van der Waals surface area (Å²) in [6.07, 6.45) is 0. The Hall–Kier alpha value is -1.00. The minimum Gasteiger partial charge on any atom is -0.433 e. The lowest BCUT2D eigenvalue weighted by Gasteiger charge is -2.27. The number of nitrogens with zero attached hydrogens (tertiary/aromatic N) is 1. The molecule has 0 aromatic heterocycles. The summed E-state index contributed by atoms with van der Waals surface area (Å²) in [6, 6.07) is 3.38. The molecule has 1 aromatic rings. The second kappa shape index (κ2) is 8.20. The molecule has 0 radical (unpaired) electrons. The highest BCUT2D eigenvalue weighted by atomic mass is 35.5. The molecule has 10 heteroatoms. The molecule has 130 valence electrons. The number of ether oxygens (including phenoxy) is 1. The van der Waals surface area contributed by atoms with Gasteiger partial charge in [0.15, 0.2) is 0 Å². The van der Waals surface area contributed by atoms with Crippen LogP contribution < -0.4 is 14.8 Å². The number of hydrogen-bond donors (Lipinski definition) is 2. The van der Waals surface area contributed by atoms with Gasteiger partial charge in [0.25, 0.3) is 0 Å². The first-order chi connectivity index (χ1) is 10.9. The summed E-state index contributed by atoms with van der Waals surface area (Å²) in [6.45, 7) is 1.34. The minimum absolute atomic E-state index is 0.0931. The van der Waals surface area contributed by atoms with Gasteiger partial charge >= 0.3 is 6.61 Å². The maximum absolute atomic E-state index is 12.2. The fraction of sp³-hybridized carbons (Fsp3) is 0.538. The Morgan fingerprint density at radius 2 is 2.04 bits per heavy atom. The summed E-state index contributed by atoms with van der Waals surface area (Å²) >= 11 is 5.77. The van der Waals surface area contributed by atoms with E-state index in [0.29, 0.717) is 6.54 Å². The van der Waals surface area contributed by atoms with E-state index in [1.165, 1.54) is 6.07 Å². The van der Waals surface area contributed by atoms with Gasteiger partial charge < -0.3 is 10.1 Å². The van der Waals surface area contributed by atoms with Crippen molar-refractivity contribution in [2.45, 2.75) is 11.5 Å². The highest BCUT2D eigenvalue weighted by Crippen LogP contribution is 2.28. The summed E-state index contributed by atoms with van der Waals surface area (Å²) in [5, 5.41) is 3.03. The predicted molar refractivity (Wildman–Crippen MR) is 82.6 cm³/mol. The van der Waals surface area contributed by atoms with E-state index in [1.54, 1.807) is 0 Å². The van der Waals surface area contributed by atoms with Crippen molar-refractivity contribution < 1.29 is 21.9 Å². The Bertz CT molecular complexity index is 625. The third-order valence-electron chi connectivity index (χ3n) is 3.36. The number of alkyl halides is 2. The van der Waals surface area contributed by atoms with E-state index >= 15 is 0 Å². The Morgan fingerprint density at radius 1 is 1.35 bits per heavy atom. The van der Waals surface area contributed by atoms with Crippen molar-refractivity contribution in [1.82, 2.24) is 14.9 Å². The van der Waals surface area contributed by atoms with Crippen LogP contribution in [0, 0.1) is 0 Å². The lowest BCUT2D eigenvalue weighted by atomic mass is 10.3. The standard InChI is InChI=1S/C13H18ClF2N3O3S/c14-11-9-10(1-2-12(11)22-13(15)16)23(20,21)18-5-8-19-6-3-17-4-7-19/h1-2,9,13,17-18H,3-8H2. The van der Waals surface area contributed by atoms with Gasteiger partial charge in [0.2, 0.25) is 10.0 Å². The summed E-state index contributed by atoms with van der Waals surface area (Å²) in [5.74, 6) is -0.263. The van der Waals surface area contributed by atoms with Crippen molar-refractivity contribution in [3.05, 3.63) is 23.2 Å². The first-order valence-corrected chi connectivity index (χ1v) is 8.92. The van der Waals surface area contributed by atoms with Crippen LogP contribution in [0.2, 0.25) is 5.02 Å². The van der Waals surface area contributed by atoms with Gasteiger partial charge in [0.1, 0.15) is 5.75 Å². The van der Waals surface area contributed by atoms with Crippen LogP contribution in [0.4, 0.5) is 8.78 Å². The molecule has 1 aliphatic rings. The largest absolute Gasteiger partial charge is 0.433 e. The zero-order valence-electron chi connectivity index (χ0n) is 12.3. The van der Waals surface area contributed by atoms with E-state index in [-0.39, 0.29) is 22.2 Å². The zero-order valence-corrected chi connectivity index (χ0v) is 13.8. The number of rotatable bonds is 7. The number of sulfonamides is 1. The van der Waals surface area contributed by atoms with Gasteiger partial charge in [-0.1, -0.05) is 11.6 Å². The summed E-state index contributed by atoms with van der Waals surface area (Å²) in [5.41, 5.74) is 0. The SMILES string of the molecule is O=S(=O)(NCCN1CCNCC1)c1ccc(OC(F)F)c(Cl)c1. The predicted octanol–water partition coefficient (Wildman–Crippen LogP) is 1.12. The molecular formula is C13H18ClF2N3O3S. The number of benzene rings is 1. The van der Waals surface area contributed by atoms with E-state index in [4.69, 9.17) is 11.6 Å². The van der Waals surface area contributed by atoms with Crippen LogP contribution in [-0.4, -0.2) is 59.2 Å². The third-order valence-corrected chi connectivity index (χ3v) is 5.11. The molecule has 1 heterocycles. The quantitative estimate of drug-likeness (QED) is 0.754. The monoisotopic (exact) mass is 369 g/mol. The van der Waals surface area contributed by atoms with Crippen LogP contribution in [0.15, 0.2) is 23.1 Å². The van der Waals surface area contributed by atoms with Crippen LogP contribution in [0.5, 0.6) is 5.75 Å². The Labute approximate surface area is 138 Å². The molecule has 6 nitrogen and oxygen atoms in total. The molecule has 0 unspecified atom stereocenters.